The predicted molar refractivity (Wildman–Crippen MR) is 103 cm³/mol. The first-order chi connectivity index (χ1) is 12.6. The van der Waals surface area contributed by atoms with Crippen molar-refractivity contribution >= 4 is 29.3 Å². The molecule has 1 aliphatic rings. The van der Waals surface area contributed by atoms with Gasteiger partial charge >= 0.3 is 0 Å². The standard InChI is InChI=1S/C19H20ClNO4S/c1-21(11-13-9-14(20)3-5-16(13)23-2)19(22)12-26-15-4-6-17-18(10-15)25-8-7-24-17/h3-6,9-10H,7-8,11-12H2,1-2H3. The molecule has 0 aromatic heterocycles. The molecule has 0 fully saturated rings. The van der Waals surface area contributed by atoms with Gasteiger partial charge in [0.25, 0.3) is 0 Å². The van der Waals surface area contributed by atoms with Crippen LogP contribution < -0.4 is 14.2 Å². The minimum atomic E-state index is 0.0203. The van der Waals surface area contributed by atoms with Crippen molar-refractivity contribution in [2.24, 2.45) is 0 Å². The van der Waals surface area contributed by atoms with Crippen molar-refractivity contribution in [3.05, 3.63) is 47.0 Å². The zero-order chi connectivity index (χ0) is 18.5. The fourth-order valence-corrected chi connectivity index (χ4v) is 3.64. The summed E-state index contributed by atoms with van der Waals surface area (Å²) < 4.78 is 16.4. The van der Waals surface area contributed by atoms with Crippen LogP contribution in [0.2, 0.25) is 5.02 Å². The lowest BCUT2D eigenvalue weighted by Crippen LogP contribution is -2.28. The lowest BCUT2D eigenvalue weighted by Gasteiger charge is -2.20. The predicted octanol–water partition coefficient (Wildman–Crippen LogP) is 3.87. The molecule has 0 atom stereocenters. The largest absolute Gasteiger partial charge is 0.496 e. The van der Waals surface area contributed by atoms with Gasteiger partial charge in [-0.25, -0.2) is 0 Å². The van der Waals surface area contributed by atoms with Crippen LogP contribution in [0, 0.1) is 0 Å². The van der Waals surface area contributed by atoms with Crippen molar-refractivity contribution in [2.45, 2.75) is 11.4 Å². The van der Waals surface area contributed by atoms with Crippen LogP contribution in [0.4, 0.5) is 0 Å². The van der Waals surface area contributed by atoms with Crippen LogP contribution in [0.1, 0.15) is 5.56 Å². The first kappa shape index (κ1) is 18.7. The summed E-state index contributed by atoms with van der Waals surface area (Å²) in [6, 6.07) is 11.1. The van der Waals surface area contributed by atoms with Gasteiger partial charge in [0.05, 0.1) is 12.9 Å². The van der Waals surface area contributed by atoms with E-state index >= 15 is 0 Å². The third-order valence-electron chi connectivity index (χ3n) is 3.95. The minimum Gasteiger partial charge on any atom is -0.496 e. The smallest absolute Gasteiger partial charge is 0.232 e. The normalized spacial score (nSPS) is 12.6. The Morgan fingerprint density at radius 2 is 1.96 bits per heavy atom. The second kappa shape index (κ2) is 8.56. The average molecular weight is 394 g/mol. The van der Waals surface area contributed by atoms with Gasteiger partial charge in [0.2, 0.25) is 5.91 Å². The van der Waals surface area contributed by atoms with Gasteiger partial charge in [-0.2, -0.15) is 0 Å². The van der Waals surface area contributed by atoms with E-state index < -0.39 is 0 Å². The second-order valence-corrected chi connectivity index (χ2v) is 7.29. The number of nitrogens with zero attached hydrogens (tertiary/aromatic N) is 1. The number of carbonyl (C=O) groups excluding carboxylic acids is 1. The van der Waals surface area contributed by atoms with Crippen molar-refractivity contribution < 1.29 is 19.0 Å². The molecule has 0 saturated heterocycles. The number of amides is 1. The van der Waals surface area contributed by atoms with Gasteiger partial charge in [-0.1, -0.05) is 11.6 Å². The van der Waals surface area contributed by atoms with Gasteiger partial charge in [0.15, 0.2) is 11.5 Å². The van der Waals surface area contributed by atoms with E-state index in [0.717, 1.165) is 22.0 Å². The first-order valence-electron chi connectivity index (χ1n) is 8.15. The maximum Gasteiger partial charge on any atom is 0.232 e. The summed E-state index contributed by atoms with van der Waals surface area (Å²) in [6.45, 7) is 1.55. The van der Waals surface area contributed by atoms with Crippen LogP contribution in [-0.4, -0.2) is 43.9 Å². The highest BCUT2D eigenvalue weighted by Gasteiger charge is 2.15. The molecular weight excluding hydrogens is 374 g/mol. The van der Waals surface area contributed by atoms with E-state index in [-0.39, 0.29) is 5.91 Å². The van der Waals surface area contributed by atoms with Gasteiger partial charge < -0.3 is 19.1 Å². The molecule has 0 aliphatic carbocycles. The molecule has 0 radical (unpaired) electrons. The highest BCUT2D eigenvalue weighted by Crippen LogP contribution is 2.34. The van der Waals surface area contributed by atoms with E-state index in [1.165, 1.54) is 11.8 Å². The lowest BCUT2D eigenvalue weighted by atomic mass is 10.2. The fourth-order valence-electron chi connectivity index (χ4n) is 2.58. The SMILES string of the molecule is COc1ccc(Cl)cc1CN(C)C(=O)CSc1ccc2c(c1)OCCO2. The third kappa shape index (κ3) is 4.56. The maximum absolute atomic E-state index is 12.5. The Labute approximate surface area is 162 Å². The summed E-state index contributed by atoms with van der Waals surface area (Å²) in [6.07, 6.45) is 0. The molecule has 7 heteroatoms. The van der Waals surface area contributed by atoms with E-state index in [1.54, 1.807) is 31.2 Å². The average Bonchev–Trinajstić information content (AvgIpc) is 2.66. The van der Waals surface area contributed by atoms with E-state index in [2.05, 4.69) is 0 Å². The summed E-state index contributed by atoms with van der Waals surface area (Å²) in [4.78, 5) is 15.1. The van der Waals surface area contributed by atoms with Crippen LogP contribution in [0.25, 0.3) is 0 Å². The van der Waals surface area contributed by atoms with Crippen LogP contribution in [0.15, 0.2) is 41.3 Å². The molecule has 1 heterocycles. The number of thioether (sulfide) groups is 1. The van der Waals surface area contributed by atoms with Crippen LogP contribution in [0.3, 0.4) is 0 Å². The number of hydrogen-bond donors (Lipinski definition) is 0. The van der Waals surface area contributed by atoms with Crippen molar-refractivity contribution in [2.75, 3.05) is 33.1 Å². The maximum atomic E-state index is 12.5. The van der Waals surface area contributed by atoms with Gasteiger partial charge in [-0.15, -0.1) is 11.8 Å². The topological polar surface area (TPSA) is 48.0 Å². The third-order valence-corrected chi connectivity index (χ3v) is 5.17. The van der Waals surface area contributed by atoms with E-state index in [4.69, 9.17) is 25.8 Å². The molecule has 0 N–H and O–H groups in total. The van der Waals surface area contributed by atoms with Crippen LogP contribution >= 0.6 is 23.4 Å². The number of carbonyl (C=O) groups is 1. The quantitative estimate of drug-likeness (QED) is 0.697. The first-order valence-corrected chi connectivity index (χ1v) is 9.52. The molecule has 2 aromatic carbocycles. The molecule has 0 saturated carbocycles. The summed E-state index contributed by atoms with van der Waals surface area (Å²) in [5.41, 5.74) is 0.875. The molecular formula is C19H20ClNO4S. The molecule has 1 aliphatic heterocycles. The molecule has 138 valence electrons. The monoisotopic (exact) mass is 393 g/mol. The van der Waals surface area contributed by atoms with Crippen molar-refractivity contribution in [3.8, 4) is 17.2 Å². The van der Waals surface area contributed by atoms with Crippen LogP contribution in [-0.2, 0) is 11.3 Å². The van der Waals surface area contributed by atoms with Crippen molar-refractivity contribution in [1.29, 1.82) is 0 Å². The van der Waals surface area contributed by atoms with Gasteiger partial charge in [0, 0.05) is 29.1 Å². The van der Waals surface area contributed by atoms with Crippen LogP contribution in [0.5, 0.6) is 17.2 Å². The number of ether oxygens (including phenoxy) is 3. The van der Waals surface area contributed by atoms with E-state index in [1.807, 2.05) is 24.3 Å². The Kier molecular flexibility index (Phi) is 6.16. The van der Waals surface area contributed by atoms with Crippen molar-refractivity contribution in [1.82, 2.24) is 4.90 Å². The number of halogens is 1. The van der Waals surface area contributed by atoms with E-state index in [0.29, 0.717) is 36.3 Å². The van der Waals surface area contributed by atoms with E-state index in [9.17, 15) is 4.79 Å². The molecule has 0 bridgehead atoms. The molecule has 1 amide bonds. The minimum absolute atomic E-state index is 0.0203. The molecule has 3 rings (SSSR count). The zero-order valence-electron chi connectivity index (χ0n) is 14.7. The number of benzene rings is 2. The highest BCUT2D eigenvalue weighted by atomic mass is 35.5. The Balaban J connectivity index is 1.59. The van der Waals surface area contributed by atoms with Gasteiger partial charge in [-0.3, -0.25) is 4.79 Å². The number of methoxy groups -OCH3 is 1. The summed E-state index contributed by atoms with van der Waals surface area (Å²) in [5, 5.41) is 0.618. The Morgan fingerprint density at radius 3 is 2.73 bits per heavy atom. The fraction of sp³-hybridized carbons (Fsp3) is 0.316. The lowest BCUT2D eigenvalue weighted by molar-refractivity contribution is -0.127. The second-order valence-electron chi connectivity index (χ2n) is 5.80. The Hall–Kier alpha value is -2.05. The molecule has 0 spiro atoms. The summed E-state index contributed by atoms with van der Waals surface area (Å²) in [5.74, 6) is 2.54. The molecule has 5 nitrogen and oxygen atoms in total. The number of rotatable bonds is 6. The Morgan fingerprint density at radius 1 is 1.19 bits per heavy atom. The number of fused-ring (bicyclic) bond motifs is 1. The molecule has 0 unspecified atom stereocenters. The summed E-state index contributed by atoms with van der Waals surface area (Å²) >= 11 is 7.52. The summed E-state index contributed by atoms with van der Waals surface area (Å²) in [7, 11) is 3.37. The zero-order valence-corrected chi connectivity index (χ0v) is 16.2. The highest BCUT2D eigenvalue weighted by molar-refractivity contribution is 8.00. The number of hydrogen-bond acceptors (Lipinski definition) is 5. The molecule has 2 aromatic rings. The van der Waals surface area contributed by atoms with Gasteiger partial charge in [-0.05, 0) is 36.4 Å². The van der Waals surface area contributed by atoms with Gasteiger partial charge in [0.1, 0.15) is 19.0 Å². The Bertz CT molecular complexity index is 799. The molecule has 26 heavy (non-hydrogen) atoms. The van der Waals surface area contributed by atoms with Crippen molar-refractivity contribution in [3.63, 3.8) is 0 Å².